The number of hydrogen-bond donors (Lipinski definition) is 0. The topological polar surface area (TPSA) is 35.5 Å². The number of rotatable bonds is 10. The molecule has 20 heavy (non-hydrogen) atoms. The van der Waals surface area contributed by atoms with E-state index in [-0.39, 0.29) is 12.6 Å². The molecule has 0 amide bonds. The fourth-order valence-electron chi connectivity index (χ4n) is 1.80. The highest BCUT2D eigenvalue weighted by Gasteiger charge is 1.97. The molecule has 0 aliphatic heterocycles. The molecule has 1 aromatic rings. The maximum Gasteiger partial charge on any atom is 0.188 e. The van der Waals surface area contributed by atoms with Gasteiger partial charge in [-0.25, -0.2) is 0 Å². The van der Waals surface area contributed by atoms with Crippen LogP contribution in [0.15, 0.2) is 30.3 Å². The third-order valence-electron chi connectivity index (χ3n) is 2.96. The molecule has 0 saturated carbocycles. The zero-order valence-electron chi connectivity index (χ0n) is 12.4. The van der Waals surface area contributed by atoms with Gasteiger partial charge in [-0.3, -0.25) is 4.79 Å². The van der Waals surface area contributed by atoms with Crippen LogP contribution in [0.1, 0.15) is 44.6 Å². The standard InChI is InChI=1S/C17H24O3/c1-3-4-5-6-7-16(18)11-8-15-9-12-17(13-10-15)20-14-19-2/h8-13H,3-7,14H2,1-2H3/b11-8-. The molecule has 0 unspecified atom stereocenters. The summed E-state index contributed by atoms with van der Waals surface area (Å²) in [6, 6.07) is 7.58. The SMILES string of the molecule is CCCCCCC(=O)/C=C\c1ccc(OCOC)cc1. The van der Waals surface area contributed by atoms with Gasteiger partial charge in [0.25, 0.3) is 0 Å². The summed E-state index contributed by atoms with van der Waals surface area (Å²) in [6.07, 6.45) is 8.69. The molecule has 0 aliphatic rings. The Morgan fingerprint density at radius 1 is 1.15 bits per heavy atom. The Morgan fingerprint density at radius 3 is 2.55 bits per heavy atom. The van der Waals surface area contributed by atoms with E-state index < -0.39 is 0 Å². The zero-order chi connectivity index (χ0) is 14.6. The first-order valence-corrected chi connectivity index (χ1v) is 7.19. The summed E-state index contributed by atoms with van der Waals surface area (Å²) in [6.45, 7) is 2.41. The van der Waals surface area contributed by atoms with E-state index in [9.17, 15) is 4.79 Å². The molecule has 0 heterocycles. The van der Waals surface area contributed by atoms with Crippen molar-refractivity contribution >= 4 is 11.9 Å². The molecule has 110 valence electrons. The van der Waals surface area contributed by atoms with Crippen molar-refractivity contribution in [2.75, 3.05) is 13.9 Å². The van der Waals surface area contributed by atoms with Crippen LogP contribution in [0.2, 0.25) is 0 Å². The third-order valence-corrected chi connectivity index (χ3v) is 2.96. The summed E-state index contributed by atoms with van der Waals surface area (Å²) in [7, 11) is 1.59. The van der Waals surface area contributed by atoms with E-state index in [1.807, 2.05) is 30.3 Å². The van der Waals surface area contributed by atoms with Gasteiger partial charge in [0.05, 0.1) is 0 Å². The lowest BCUT2D eigenvalue weighted by Gasteiger charge is -2.04. The molecule has 0 aromatic heterocycles. The molecular weight excluding hydrogens is 252 g/mol. The van der Waals surface area contributed by atoms with Crippen LogP contribution in [0, 0.1) is 0 Å². The molecule has 0 spiro atoms. The molecule has 3 nitrogen and oxygen atoms in total. The minimum absolute atomic E-state index is 0.195. The Labute approximate surface area is 121 Å². The lowest BCUT2D eigenvalue weighted by molar-refractivity contribution is -0.114. The van der Waals surface area contributed by atoms with Crippen LogP contribution in [-0.2, 0) is 9.53 Å². The summed E-state index contributed by atoms with van der Waals surface area (Å²) in [5.41, 5.74) is 0.997. The van der Waals surface area contributed by atoms with Crippen molar-refractivity contribution in [3.05, 3.63) is 35.9 Å². The average molecular weight is 276 g/mol. The van der Waals surface area contributed by atoms with Crippen LogP contribution < -0.4 is 4.74 Å². The normalized spacial score (nSPS) is 10.9. The molecule has 1 aromatic carbocycles. The first-order valence-electron chi connectivity index (χ1n) is 7.19. The first kappa shape index (κ1) is 16.4. The number of carbonyl (C=O) groups is 1. The van der Waals surface area contributed by atoms with Gasteiger partial charge in [0.15, 0.2) is 12.6 Å². The van der Waals surface area contributed by atoms with Crippen molar-refractivity contribution in [3.8, 4) is 5.75 Å². The second-order valence-corrected chi connectivity index (χ2v) is 4.73. The molecular formula is C17H24O3. The summed E-state index contributed by atoms with van der Waals surface area (Å²) in [4.78, 5) is 11.7. The van der Waals surface area contributed by atoms with Gasteiger partial charge in [-0.15, -0.1) is 0 Å². The number of benzene rings is 1. The highest BCUT2D eigenvalue weighted by atomic mass is 16.7. The number of ketones is 1. The zero-order valence-corrected chi connectivity index (χ0v) is 12.4. The minimum Gasteiger partial charge on any atom is -0.468 e. The Balaban J connectivity index is 2.35. The average Bonchev–Trinajstić information content (AvgIpc) is 2.48. The highest BCUT2D eigenvalue weighted by Crippen LogP contribution is 2.13. The minimum atomic E-state index is 0.195. The van der Waals surface area contributed by atoms with Crippen molar-refractivity contribution in [3.63, 3.8) is 0 Å². The molecule has 0 fully saturated rings. The van der Waals surface area contributed by atoms with Gasteiger partial charge in [0, 0.05) is 13.5 Å². The lowest BCUT2D eigenvalue weighted by Crippen LogP contribution is -1.98. The van der Waals surface area contributed by atoms with E-state index in [1.54, 1.807) is 13.2 Å². The Kier molecular flexibility index (Phi) is 8.40. The van der Waals surface area contributed by atoms with Crippen molar-refractivity contribution < 1.29 is 14.3 Å². The molecule has 0 bridgehead atoms. The van der Waals surface area contributed by atoms with Crippen LogP contribution in [0.4, 0.5) is 0 Å². The van der Waals surface area contributed by atoms with Crippen LogP contribution in [0.5, 0.6) is 5.75 Å². The molecule has 0 N–H and O–H groups in total. The quantitative estimate of drug-likeness (QED) is 0.364. The van der Waals surface area contributed by atoms with Crippen LogP contribution >= 0.6 is 0 Å². The first-order chi connectivity index (χ1) is 9.76. The predicted octanol–water partition coefficient (Wildman–Crippen LogP) is 4.22. The van der Waals surface area contributed by atoms with E-state index in [0.29, 0.717) is 6.42 Å². The van der Waals surface area contributed by atoms with Gasteiger partial charge in [-0.1, -0.05) is 44.4 Å². The molecule has 0 saturated heterocycles. The van der Waals surface area contributed by atoms with Crippen LogP contribution in [-0.4, -0.2) is 19.7 Å². The maximum atomic E-state index is 11.7. The third kappa shape index (κ3) is 7.10. The smallest absolute Gasteiger partial charge is 0.188 e. The number of ether oxygens (including phenoxy) is 2. The second-order valence-electron chi connectivity index (χ2n) is 4.73. The van der Waals surface area contributed by atoms with Crippen molar-refractivity contribution in [1.82, 2.24) is 0 Å². The molecule has 1 rings (SSSR count). The number of hydrogen-bond acceptors (Lipinski definition) is 3. The van der Waals surface area contributed by atoms with Gasteiger partial charge < -0.3 is 9.47 Å². The number of carbonyl (C=O) groups excluding carboxylic acids is 1. The van der Waals surface area contributed by atoms with Gasteiger partial charge in [-0.05, 0) is 30.2 Å². The largest absolute Gasteiger partial charge is 0.468 e. The maximum absolute atomic E-state index is 11.7. The summed E-state index contributed by atoms with van der Waals surface area (Å²) in [5, 5.41) is 0. The molecule has 3 heteroatoms. The Morgan fingerprint density at radius 2 is 1.90 bits per heavy atom. The second kappa shape index (κ2) is 10.2. The molecule has 0 atom stereocenters. The van der Waals surface area contributed by atoms with E-state index >= 15 is 0 Å². The van der Waals surface area contributed by atoms with Crippen LogP contribution in [0.3, 0.4) is 0 Å². The summed E-state index contributed by atoms with van der Waals surface area (Å²) in [5.74, 6) is 0.954. The summed E-state index contributed by atoms with van der Waals surface area (Å²) < 4.78 is 10.1. The Hall–Kier alpha value is -1.61. The fourth-order valence-corrected chi connectivity index (χ4v) is 1.80. The van der Waals surface area contributed by atoms with Crippen molar-refractivity contribution in [2.45, 2.75) is 39.0 Å². The van der Waals surface area contributed by atoms with Gasteiger partial charge in [0.1, 0.15) is 5.75 Å². The molecule has 0 radical (unpaired) electrons. The number of unbranched alkanes of at least 4 members (excludes halogenated alkanes) is 3. The van der Waals surface area contributed by atoms with Crippen molar-refractivity contribution in [2.24, 2.45) is 0 Å². The monoisotopic (exact) mass is 276 g/mol. The number of methoxy groups -OCH3 is 1. The van der Waals surface area contributed by atoms with Gasteiger partial charge in [-0.2, -0.15) is 0 Å². The van der Waals surface area contributed by atoms with Gasteiger partial charge in [0.2, 0.25) is 0 Å². The lowest BCUT2D eigenvalue weighted by atomic mass is 10.1. The highest BCUT2D eigenvalue weighted by molar-refractivity contribution is 5.93. The number of allylic oxidation sites excluding steroid dienone is 1. The van der Waals surface area contributed by atoms with E-state index in [1.165, 1.54) is 12.8 Å². The fraction of sp³-hybridized carbons (Fsp3) is 0.471. The van der Waals surface area contributed by atoms with E-state index in [0.717, 1.165) is 24.2 Å². The molecule has 0 aliphatic carbocycles. The van der Waals surface area contributed by atoms with Crippen molar-refractivity contribution in [1.29, 1.82) is 0 Å². The Bertz CT molecular complexity index is 407. The summed E-state index contributed by atoms with van der Waals surface area (Å²) >= 11 is 0. The predicted molar refractivity (Wildman–Crippen MR) is 81.7 cm³/mol. The van der Waals surface area contributed by atoms with Gasteiger partial charge >= 0.3 is 0 Å². The van der Waals surface area contributed by atoms with E-state index in [4.69, 9.17) is 9.47 Å². The van der Waals surface area contributed by atoms with E-state index in [2.05, 4.69) is 6.92 Å². The van der Waals surface area contributed by atoms with Crippen LogP contribution in [0.25, 0.3) is 6.08 Å².